The number of hydrogen-bond acceptors (Lipinski definition) is 2. The summed E-state index contributed by atoms with van der Waals surface area (Å²) in [6.45, 7) is 0. The smallest absolute Gasteiger partial charge is 0.253 e. The van der Waals surface area contributed by atoms with Crippen molar-refractivity contribution in [1.29, 1.82) is 0 Å². The summed E-state index contributed by atoms with van der Waals surface area (Å²) in [7, 11) is 0. The average Bonchev–Trinajstić information content (AvgIpc) is 2.45. The molecule has 0 aliphatic heterocycles. The summed E-state index contributed by atoms with van der Waals surface area (Å²) in [6, 6.07) is 11.5. The molecule has 0 radical (unpaired) electrons. The molecule has 2 aromatic rings. The molecule has 1 amide bonds. The highest BCUT2D eigenvalue weighted by molar-refractivity contribution is 9.10. The number of halogens is 2. The van der Waals surface area contributed by atoms with Crippen LogP contribution in [0.2, 0.25) is 0 Å². The Morgan fingerprint density at radius 1 is 1.26 bits per heavy atom. The molecule has 0 spiro atoms. The lowest BCUT2D eigenvalue weighted by Gasteiger charge is -2.16. The van der Waals surface area contributed by atoms with E-state index in [4.69, 9.17) is 0 Å². The van der Waals surface area contributed by atoms with Crippen LogP contribution in [0.25, 0.3) is 0 Å². The maximum Gasteiger partial charge on any atom is 0.253 e. The molecule has 0 aliphatic carbocycles. The molecule has 1 N–H and O–H groups in total. The Kier molecular flexibility index (Phi) is 5.10. The molecule has 98 valence electrons. The molecule has 0 saturated carbocycles. The molecule has 5 heteroatoms. The summed E-state index contributed by atoms with van der Waals surface area (Å²) >= 11 is 6.74. The van der Waals surface area contributed by atoms with Gasteiger partial charge in [-0.3, -0.25) is 9.78 Å². The third kappa shape index (κ3) is 3.88. The number of pyridine rings is 1. The van der Waals surface area contributed by atoms with Crippen LogP contribution in [0.15, 0.2) is 53.3 Å². The van der Waals surface area contributed by atoms with Gasteiger partial charge < -0.3 is 5.32 Å². The van der Waals surface area contributed by atoms with Gasteiger partial charge in [-0.05, 0) is 27.6 Å². The maximum absolute atomic E-state index is 12.1. The van der Waals surface area contributed by atoms with Gasteiger partial charge in [-0.1, -0.05) is 46.3 Å². The van der Waals surface area contributed by atoms with Crippen LogP contribution < -0.4 is 5.32 Å². The minimum atomic E-state index is -0.137. The first kappa shape index (κ1) is 14.2. The summed E-state index contributed by atoms with van der Waals surface area (Å²) in [5.41, 5.74) is 1.60. The van der Waals surface area contributed by atoms with E-state index in [-0.39, 0.29) is 11.9 Å². The van der Waals surface area contributed by atoms with E-state index in [9.17, 15) is 4.79 Å². The van der Waals surface area contributed by atoms with Gasteiger partial charge in [0.2, 0.25) is 0 Å². The molecule has 1 atom stereocenters. The predicted octanol–water partition coefficient (Wildman–Crippen LogP) is 3.71. The number of rotatable bonds is 4. The number of benzene rings is 1. The number of nitrogens with zero attached hydrogens (tertiary/aromatic N) is 1. The van der Waals surface area contributed by atoms with E-state index in [1.165, 1.54) is 0 Å². The molecule has 0 saturated heterocycles. The average molecular weight is 384 g/mol. The standard InChI is InChI=1S/C14H12Br2N2O/c15-7-13(10-4-2-1-3-5-10)18-14(19)11-6-12(16)9-17-8-11/h1-6,8-9,13H,7H2,(H,18,19). The number of nitrogens with one attached hydrogen (secondary N) is 1. The highest BCUT2D eigenvalue weighted by Crippen LogP contribution is 2.16. The quantitative estimate of drug-likeness (QED) is 0.817. The second kappa shape index (κ2) is 6.82. The van der Waals surface area contributed by atoms with Crippen LogP contribution >= 0.6 is 31.9 Å². The summed E-state index contributed by atoms with van der Waals surface area (Å²) in [5.74, 6) is -0.137. The Morgan fingerprint density at radius 3 is 2.63 bits per heavy atom. The topological polar surface area (TPSA) is 42.0 Å². The summed E-state index contributed by atoms with van der Waals surface area (Å²) in [5, 5.41) is 3.64. The van der Waals surface area contributed by atoms with Crippen molar-refractivity contribution in [1.82, 2.24) is 10.3 Å². The molecule has 1 heterocycles. The fourth-order valence-corrected chi connectivity index (χ4v) is 2.57. The van der Waals surface area contributed by atoms with Crippen molar-refractivity contribution in [3.63, 3.8) is 0 Å². The largest absolute Gasteiger partial charge is 0.344 e. The molecule has 19 heavy (non-hydrogen) atoms. The highest BCUT2D eigenvalue weighted by Gasteiger charge is 2.14. The van der Waals surface area contributed by atoms with Gasteiger partial charge in [0.05, 0.1) is 11.6 Å². The summed E-state index contributed by atoms with van der Waals surface area (Å²) in [6.07, 6.45) is 3.20. The zero-order chi connectivity index (χ0) is 13.7. The van der Waals surface area contributed by atoms with Crippen LogP contribution in [-0.2, 0) is 0 Å². The lowest BCUT2D eigenvalue weighted by atomic mass is 10.1. The second-order valence-corrected chi connectivity index (χ2v) is 5.55. The Bertz CT molecular complexity index is 560. The number of carbonyl (C=O) groups excluding carboxylic acids is 1. The molecule has 2 rings (SSSR count). The zero-order valence-electron chi connectivity index (χ0n) is 10.0. The van der Waals surface area contributed by atoms with Gasteiger partial charge in [0.15, 0.2) is 0 Å². The lowest BCUT2D eigenvalue weighted by Crippen LogP contribution is -2.29. The molecule has 3 nitrogen and oxygen atoms in total. The molecule has 1 unspecified atom stereocenters. The molecule has 0 fully saturated rings. The van der Waals surface area contributed by atoms with Crippen molar-refractivity contribution in [3.05, 3.63) is 64.4 Å². The Balaban J connectivity index is 2.13. The van der Waals surface area contributed by atoms with Crippen molar-refractivity contribution in [2.45, 2.75) is 6.04 Å². The Labute approximate surface area is 128 Å². The lowest BCUT2D eigenvalue weighted by molar-refractivity contribution is 0.0940. The number of alkyl halides is 1. The van der Waals surface area contributed by atoms with Crippen molar-refractivity contribution in [3.8, 4) is 0 Å². The van der Waals surface area contributed by atoms with Gasteiger partial charge in [0.25, 0.3) is 5.91 Å². The van der Waals surface area contributed by atoms with Crippen molar-refractivity contribution in [2.75, 3.05) is 5.33 Å². The van der Waals surface area contributed by atoms with Crippen LogP contribution in [0.3, 0.4) is 0 Å². The van der Waals surface area contributed by atoms with Crippen molar-refractivity contribution in [2.24, 2.45) is 0 Å². The fourth-order valence-electron chi connectivity index (χ4n) is 1.67. The zero-order valence-corrected chi connectivity index (χ0v) is 13.2. The Morgan fingerprint density at radius 2 is 2.00 bits per heavy atom. The number of carbonyl (C=O) groups is 1. The number of amides is 1. The molecule has 0 aliphatic rings. The van der Waals surface area contributed by atoms with Gasteiger partial charge in [-0.25, -0.2) is 0 Å². The SMILES string of the molecule is O=C(NC(CBr)c1ccccc1)c1cncc(Br)c1. The number of aromatic nitrogens is 1. The fraction of sp³-hybridized carbons (Fsp3) is 0.143. The maximum atomic E-state index is 12.1. The van der Waals surface area contributed by atoms with Crippen LogP contribution in [0.5, 0.6) is 0 Å². The minimum Gasteiger partial charge on any atom is -0.344 e. The minimum absolute atomic E-state index is 0.0623. The van der Waals surface area contributed by atoms with Crippen LogP contribution in [-0.4, -0.2) is 16.2 Å². The van der Waals surface area contributed by atoms with Crippen LogP contribution in [0.4, 0.5) is 0 Å². The first-order valence-electron chi connectivity index (χ1n) is 5.73. The van der Waals surface area contributed by atoms with E-state index in [1.807, 2.05) is 30.3 Å². The first-order valence-corrected chi connectivity index (χ1v) is 7.64. The van der Waals surface area contributed by atoms with E-state index in [2.05, 4.69) is 42.2 Å². The third-order valence-corrected chi connectivity index (χ3v) is 3.71. The molecule has 0 bridgehead atoms. The summed E-state index contributed by atoms with van der Waals surface area (Å²) in [4.78, 5) is 16.1. The van der Waals surface area contributed by atoms with E-state index in [0.717, 1.165) is 10.0 Å². The highest BCUT2D eigenvalue weighted by atomic mass is 79.9. The van der Waals surface area contributed by atoms with Crippen molar-refractivity contribution < 1.29 is 4.79 Å². The van der Waals surface area contributed by atoms with Gasteiger partial charge >= 0.3 is 0 Å². The monoisotopic (exact) mass is 382 g/mol. The molecular weight excluding hydrogens is 372 g/mol. The first-order chi connectivity index (χ1) is 9.20. The predicted molar refractivity (Wildman–Crippen MR) is 82.4 cm³/mol. The molecule has 1 aromatic carbocycles. The van der Waals surface area contributed by atoms with Crippen LogP contribution in [0.1, 0.15) is 22.0 Å². The molecule has 1 aromatic heterocycles. The molecular formula is C14H12Br2N2O. The van der Waals surface area contributed by atoms with Gasteiger partial charge in [0.1, 0.15) is 0 Å². The normalized spacial score (nSPS) is 11.9. The van der Waals surface area contributed by atoms with Gasteiger partial charge in [0, 0.05) is 22.2 Å². The van der Waals surface area contributed by atoms with Gasteiger partial charge in [-0.2, -0.15) is 0 Å². The van der Waals surface area contributed by atoms with Crippen molar-refractivity contribution >= 4 is 37.8 Å². The van der Waals surface area contributed by atoms with E-state index < -0.39 is 0 Å². The van der Waals surface area contributed by atoms with Gasteiger partial charge in [-0.15, -0.1) is 0 Å². The summed E-state index contributed by atoms with van der Waals surface area (Å²) < 4.78 is 0.787. The Hall–Kier alpha value is -1.20. The third-order valence-electron chi connectivity index (χ3n) is 2.63. The second-order valence-electron chi connectivity index (χ2n) is 3.98. The van der Waals surface area contributed by atoms with E-state index in [0.29, 0.717) is 10.9 Å². The van der Waals surface area contributed by atoms with Crippen LogP contribution in [0, 0.1) is 0 Å². The van der Waals surface area contributed by atoms with E-state index in [1.54, 1.807) is 18.5 Å². The van der Waals surface area contributed by atoms with E-state index >= 15 is 0 Å². The number of hydrogen-bond donors (Lipinski definition) is 1.